The molecule has 3 rings (SSSR count). The quantitative estimate of drug-likeness (QED) is 0.891. The SMILES string of the molecule is Cc1cc(N2CCN(C(=O)NCc3ccco3)CC2)ccc1Br. The van der Waals surface area contributed by atoms with Gasteiger partial charge in [0.1, 0.15) is 5.76 Å². The highest BCUT2D eigenvalue weighted by atomic mass is 79.9. The Hall–Kier alpha value is -1.95. The summed E-state index contributed by atoms with van der Waals surface area (Å²) in [4.78, 5) is 16.4. The number of nitrogens with one attached hydrogen (secondary N) is 1. The lowest BCUT2D eigenvalue weighted by Gasteiger charge is -2.36. The van der Waals surface area contributed by atoms with Crippen molar-refractivity contribution in [1.82, 2.24) is 10.2 Å². The van der Waals surface area contributed by atoms with Crippen molar-refractivity contribution in [3.8, 4) is 0 Å². The molecule has 0 radical (unpaired) electrons. The summed E-state index contributed by atoms with van der Waals surface area (Å²) in [5.41, 5.74) is 2.43. The van der Waals surface area contributed by atoms with Crippen molar-refractivity contribution in [1.29, 1.82) is 0 Å². The molecule has 0 saturated carbocycles. The topological polar surface area (TPSA) is 48.7 Å². The number of amides is 2. The number of benzene rings is 1. The molecule has 1 aromatic heterocycles. The van der Waals surface area contributed by atoms with E-state index in [4.69, 9.17) is 4.42 Å². The van der Waals surface area contributed by atoms with Gasteiger partial charge in [-0.25, -0.2) is 4.79 Å². The van der Waals surface area contributed by atoms with Crippen LogP contribution in [-0.2, 0) is 6.54 Å². The molecule has 0 atom stereocenters. The van der Waals surface area contributed by atoms with E-state index in [0.29, 0.717) is 6.54 Å². The Balaban J connectivity index is 1.51. The van der Waals surface area contributed by atoms with E-state index in [0.717, 1.165) is 36.4 Å². The maximum atomic E-state index is 12.2. The van der Waals surface area contributed by atoms with Crippen molar-refractivity contribution in [3.05, 3.63) is 52.4 Å². The van der Waals surface area contributed by atoms with Crippen LogP contribution in [0, 0.1) is 6.92 Å². The van der Waals surface area contributed by atoms with E-state index in [-0.39, 0.29) is 6.03 Å². The number of hydrogen-bond acceptors (Lipinski definition) is 3. The zero-order valence-electron chi connectivity index (χ0n) is 13.1. The fourth-order valence-corrected chi connectivity index (χ4v) is 2.93. The molecule has 1 N–H and O–H groups in total. The molecule has 0 spiro atoms. The minimum absolute atomic E-state index is 0.0342. The van der Waals surface area contributed by atoms with Gasteiger partial charge in [0.2, 0.25) is 0 Å². The Morgan fingerprint density at radius 3 is 2.70 bits per heavy atom. The van der Waals surface area contributed by atoms with Crippen molar-refractivity contribution in [2.24, 2.45) is 0 Å². The number of hydrogen-bond donors (Lipinski definition) is 1. The summed E-state index contributed by atoms with van der Waals surface area (Å²) in [5.74, 6) is 0.766. The molecule has 1 fully saturated rings. The van der Waals surface area contributed by atoms with Gasteiger partial charge >= 0.3 is 6.03 Å². The predicted octanol–water partition coefficient (Wildman–Crippen LogP) is 3.38. The number of carbonyl (C=O) groups is 1. The van der Waals surface area contributed by atoms with E-state index in [2.05, 4.69) is 51.3 Å². The Bertz CT molecular complexity index is 664. The van der Waals surface area contributed by atoms with Crippen molar-refractivity contribution in [2.45, 2.75) is 13.5 Å². The summed E-state index contributed by atoms with van der Waals surface area (Å²) in [6, 6.07) is 10.0. The summed E-state index contributed by atoms with van der Waals surface area (Å²) in [6.07, 6.45) is 1.61. The average Bonchev–Trinajstić information content (AvgIpc) is 3.09. The Morgan fingerprint density at radius 2 is 2.04 bits per heavy atom. The number of nitrogens with zero attached hydrogens (tertiary/aromatic N) is 2. The second-order valence-electron chi connectivity index (χ2n) is 5.65. The Kier molecular flexibility index (Phi) is 4.91. The molecule has 122 valence electrons. The third-order valence-electron chi connectivity index (χ3n) is 4.07. The van der Waals surface area contributed by atoms with Gasteiger partial charge in [0.05, 0.1) is 12.8 Å². The van der Waals surface area contributed by atoms with Gasteiger partial charge in [-0.3, -0.25) is 0 Å². The molecule has 1 saturated heterocycles. The molecule has 23 heavy (non-hydrogen) atoms. The van der Waals surface area contributed by atoms with Crippen LogP contribution >= 0.6 is 15.9 Å². The van der Waals surface area contributed by atoms with Crippen molar-refractivity contribution in [3.63, 3.8) is 0 Å². The molecule has 2 heterocycles. The minimum atomic E-state index is -0.0342. The van der Waals surface area contributed by atoms with Gasteiger partial charge in [0.15, 0.2) is 0 Å². The lowest BCUT2D eigenvalue weighted by Crippen LogP contribution is -2.51. The third kappa shape index (κ3) is 3.88. The number of piperazine rings is 1. The van der Waals surface area contributed by atoms with Gasteiger partial charge in [0, 0.05) is 36.3 Å². The average molecular weight is 378 g/mol. The van der Waals surface area contributed by atoms with E-state index in [1.54, 1.807) is 6.26 Å². The zero-order valence-corrected chi connectivity index (χ0v) is 14.7. The van der Waals surface area contributed by atoms with Gasteiger partial charge in [0.25, 0.3) is 0 Å². The molecule has 6 heteroatoms. The predicted molar refractivity (Wildman–Crippen MR) is 93.6 cm³/mol. The van der Waals surface area contributed by atoms with Crippen LogP contribution in [0.1, 0.15) is 11.3 Å². The molecular formula is C17H20BrN3O2. The highest BCUT2D eigenvalue weighted by molar-refractivity contribution is 9.10. The second-order valence-corrected chi connectivity index (χ2v) is 6.50. The number of rotatable bonds is 3. The standard InChI is InChI=1S/C17H20BrN3O2/c1-13-11-14(4-5-16(13)18)20-6-8-21(9-7-20)17(22)19-12-15-3-2-10-23-15/h2-5,10-11H,6-9,12H2,1H3,(H,19,22). The second kappa shape index (κ2) is 7.08. The summed E-state index contributed by atoms with van der Waals surface area (Å²) in [6.45, 7) is 5.65. The van der Waals surface area contributed by atoms with E-state index in [1.165, 1.54) is 11.3 Å². The molecule has 5 nitrogen and oxygen atoms in total. The van der Waals surface area contributed by atoms with Crippen molar-refractivity contribution < 1.29 is 9.21 Å². The van der Waals surface area contributed by atoms with Gasteiger partial charge in [-0.05, 0) is 42.8 Å². The Morgan fingerprint density at radius 1 is 1.26 bits per heavy atom. The number of anilines is 1. The summed E-state index contributed by atoms with van der Waals surface area (Å²) in [7, 11) is 0. The monoisotopic (exact) mass is 377 g/mol. The molecule has 1 aliphatic heterocycles. The third-order valence-corrected chi connectivity index (χ3v) is 4.96. The van der Waals surface area contributed by atoms with Crippen LogP contribution < -0.4 is 10.2 Å². The van der Waals surface area contributed by atoms with E-state index in [1.807, 2.05) is 17.0 Å². The van der Waals surface area contributed by atoms with Gasteiger partial charge in [-0.2, -0.15) is 0 Å². The van der Waals surface area contributed by atoms with E-state index < -0.39 is 0 Å². The van der Waals surface area contributed by atoms with Crippen LogP contribution in [-0.4, -0.2) is 37.1 Å². The summed E-state index contributed by atoms with van der Waals surface area (Å²) >= 11 is 3.53. The molecule has 0 bridgehead atoms. The number of carbonyl (C=O) groups excluding carboxylic acids is 1. The molecule has 1 aromatic carbocycles. The van der Waals surface area contributed by atoms with Crippen LogP contribution in [0.3, 0.4) is 0 Å². The van der Waals surface area contributed by atoms with Gasteiger partial charge in [-0.15, -0.1) is 0 Å². The smallest absolute Gasteiger partial charge is 0.317 e. The van der Waals surface area contributed by atoms with Crippen molar-refractivity contribution >= 4 is 27.6 Å². The van der Waals surface area contributed by atoms with Gasteiger partial charge in [-0.1, -0.05) is 15.9 Å². The largest absolute Gasteiger partial charge is 0.467 e. The maximum absolute atomic E-state index is 12.2. The first kappa shape index (κ1) is 15.9. The fraction of sp³-hybridized carbons (Fsp3) is 0.353. The first-order valence-electron chi connectivity index (χ1n) is 7.70. The highest BCUT2D eigenvalue weighted by Crippen LogP contribution is 2.23. The summed E-state index contributed by atoms with van der Waals surface area (Å²) < 4.78 is 6.34. The van der Waals surface area contributed by atoms with Crippen LogP contribution in [0.4, 0.5) is 10.5 Å². The summed E-state index contributed by atoms with van der Waals surface area (Å²) in [5, 5.41) is 2.89. The molecule has 0 aliphatic carbocycles. The number of urea groups is 1. The number of aryl methyl sites for hydroxylation is 1. The van der Waals surface area contributed by atoms with Crippen LogP contribution in [0.15, 0.2) is 45.5 Å². The maximum Gasteiger partial charge on any atom is 0.317 e. The van der Waals surface area contributed by atoms with E-state index >= 15 is 0 Å². The van der Waals surface area contributed by atoms with Crippen molar-refractivity contribution in [2.75, 3.05) is 31.1 Å². The molecule has 2 amide bonds. The molecule has 1 aliphatic rings. The lowest BCUT2D eigenvalue weighted by atomic mass is 10.2. The Labute approximate surface area is 144 Å². The first-order valence-corrected chi connectivity index (χ1v) is 8.49. The molecular weight excluding hydrogens is 358 g/mol. The zero-order chi connectivity index (χ0) is 16.2. The number of furan rings is 1. The normalized spacial score (nSPS) is 14.9. The lowest BCUT2D eigenvalue weighted by molar-refractivity contribution is 0.193. The van der Waals surface area contributed by atoms with Crippen LogP contribution in [0.25, 0.3) is 0 Å². The number of halogens is 1. The molecule has 2 aromatic rings. The van der Waals surface area contributed by atoms with Crippen LogP contribution in [0.5, 0.6) is 0 Å². The van der Waals surface area contributed by atoms with Crippen LogP contribution in [0.2, 0.25) is 0 Å². The van der Waals surface area contributed by atoms with Gasteiger partial charge < -0.3 is 19.5 Å². The first-order chi connectivity index (χ1) is 11.1. The van der Waals surface area contributed by atoms with E-state index in [9.17, 15) is 4.79 Å². The molecule has 0 unspecified atom stereocenters. The highest BCUT2D eigenvalue weighted by Gasteiger charge is 2.21. The fourth-order valence-electron chi connectivity index (χ4n) is 2.68. The minimum Gasteiger partial charge on any atom is -0.467 e.